The zero-order valence-electron chi connectivity index (χ0n) is 6.01. The number of aromatic nitrogens is 1. The average Bonchev–Trinajstić information content (AvgIpc) is 2.01. The van der Waals surface area contributed by atoms with E-state index in [0.29, 0.717) is 0 Å². The van der Waals surface area contributed by atoms with Crippen LogP contribution in [0.25, 0.3) is 0 Å². The highest BCUT2D eigenvalue weighted by Crippen LogP contribution is 2.33. The van der Waals surface area contributed by atoms with Gasteiger partial charge in [0.2, 0.25) is 0 Å². The molecule has 13 heavy (non-hydrogen) atoms. The standard InChI is InChI=1S/C6H3Cl3N2O2/c7-2-1(6(12)13)3(8)5(10)11-4(2)9/h(H2,10,11)(H,12,13). The van der Waals surface area contributed by atoms with Crippen molar-refractivity contribution in [1.29, 1.82) is 0 Å². The third-order valence-corrected chi connectivity index (χ3v) is 2.40. The Morgan fingerprint density at radius 3 is 2.31 bits per heavy atom. The number of nitrogens with two attached hydrogens (primary N) is 1. The molecule has 4 nitrogen and oxygen atoms in total. The van der Waals surface area contributed by atoms with Crippen molar-refractivity contribution in [3.8, 4) is 0 Å². The molecule has 0 amide bonds. The van der Waals surface area contributed by atoms with Gasteiger partial charge < -0.3 is 10.8 Å². The molecule has 7 heteroatoms. The number of nitrogens with zero attached hydrogens (tertiary/aromatic N) is 1. The molecule has 0 saturated heterocycles. The van der Waals surface area contributed by atoms with Gasteiger partial charge >= 0.3 is 5.97 Å². The minimum absolute atomic E-state index is 0.159. The summed E-state index contributed by atoms with van der Waals surface area (Å²) < 4.78 is 0. The van der Waals surface area contributed by atoms with Crippen LogP contribution in [0.3, 0.4) is 0 Å². The van der Waals surface area contributed by atoms with Crippen molar-refractivity contribution < 1.29 is 9.90 Å². The molecule has 1 aromatic heterocycles. The van der Waals surface area contributed by atoms with Crippen LogP contribution in [0.4, 0.5) is 5.82 Å². The molecular formula is C6H3Cl3N2O2. The quantitative estimate of drug-likeness (QED) is 0.740. The Morgan fingerprint density at radius 2 is 1.85 bits per heavy atom. The van der Waals surface area contributed by atoms with E-state index in [1.165, 1.54) is 0 Å². The second-order valence-electron chi connectivity index (χ2n) is 2.10. The summed E-state index contributed by atoms with van der Waals surface area (Å²) in [6.45, 7) is 0. The number of aromatic carboxylic acids is 1. The van der Waals surface area contributed by atoms with Crippen LogP contribution in [0, 0.1) is 0 Å². The Balaban J connectivity index is 3.56. The molecule has 0 aliphatic carbocycles. The molecule has 0 bridgehead atoms. The summed E-state index contributed by atoms with van der Waals surface area (Å²) in [5, 5.41) is 8.08. The van der Waals surface area contributed by atoms with Gasteiger partial charge in [0.05, 0.1) is 10.0 Å². The molecule has 0 aromatic carbocycles. The topological polar surface area (TPSA) is 76.2 Å². The molecule has 0 unspecified atom stereocenters. The van der Waals surface area contributed by atoms with Gasteiger partial charge in [-0.25, -0.2) is 9.78 Å². The van der Waals surface area contributed by atoms with E-state index in [1.807, 2.05) is 0 Å². The van der Waals surface area contributed by atoms with E-state index < -0.39 is 5.97 Å². The third kappa shape index (κ3) is 1.80. The van der Waals surface area contributed by atoms with Crippen molar-refractivity contribution in [2.75, 3.05) is 5.73 Å². The first kappa shape index (κ1) is 10.4. The van der Waals surface area contributed by atoms with Gasteiger partial charge in [0.1, 0.15) is 11.4 Å². The van der Waals surface area contributed by atoms with Gasteiger partial charge in [0.25, 0.3) is 0 Å². The van der Waals surface area contributed by atoms with Crippen molar-refractivity contribution >= 4 is 46.6 Å². The second kappa shape index (κ2) is 3.57. The molecule has 0 fully saturated rings. The van der Waals surface area contributed by atoms with Crippen LogP contribution < -0.4 is 5.73 Å². The number of carbonyl (C=O) groups is 1. The van der Waals surface area contributed by atoms with Crippen LogP contribution in [0.5, 0.6) is 0 Å². The Hall–Kier alpha value is -0.710. The number of nitrogen functional groups attached to an aromatic ring is 1. The lowest BCUT2D eigenvalue weighted by Gasteiger charge is -2.05. The van der Waals surface area contributed by atoms with Gasteiger partial charge in [-0.05, 0) is 0 Å². The number of hydrogen-bond acceptors (Lipinski definition) is 3. The van der Waals surface area contributed by atoms with Crippen LogP contribution in [-0.2, 0) is 0 Å². The molecule has 3 N–H and O–H groups in total. The maximum absolute atomic E-state index is 10.6. The molecule has 0 spiro atoms. The summed E-state index contributed by atoms with van der Waals surface area (Å²) in [5.74, 6) is -1.46. The average molecular weight is 241 g/mol. The zero-order valence-corrected chi connectivity index (χ0v) is 8.28. The van der Waals surface area contributed by atoms with Gasteiger partial charge in [0.15, 0.2) is 5.15 Å². The summed E-state index contributed by atoms with van der Waals surface area (Å²) in [6.07, 6.45) is 0. The van der Waals surface area contributed by atoms with Gasteiger partial charge in [0, 0.05) is 0 Å². The number of halogens is 3. The van der Waals surface area contributed by atoms with Crippen molar-refractivity contribution in [2.45, 2.75) is 0 Å². The normalized spacial score (nSPS) is 10.1. The highest BCUT2D eigenvalue weighted by Gasteiger charge is 2.20. The molecular weight excluding hydrogens is 238 g/mol. The number of hydrogen-bond donors (Lipinski definition) is 2. The number of pyridine rings is 1. The van der Waals surface area contributed by atoms with E-state index in [-0.39, 0.29) is 26.6 Å². The van der Waals surface area contributed by atoms with Crippen LogP contribution >= 0.6 is 34.8 Å². The van der Waals surface area contributed by atoms with Gasteiger partial charge in [-0.1, -0.05) is 34.8 Å². The minimum atomic E-state index is -1.30. The molecule has 0 radical (unpaired) electrons. The molecule has 70 valence electrons. The summed E-state index contributed by atoms with van der Waals surface area (Å²) in [7, 11) is 0. The summed E-state index contributed by atoms with van der Waals surface area (Å²) >= 11 is 16.6. The number of carboxylic acids is 1. The van der Waals surface area contributed by atoms with Gasteiger partial charge in [-0.2, -0.15) is 0 Å². The summed E-state index contributed by atoms with van der Waals surface area (Å²) in [5.41, 5.74) is 4.95. The van der Waals surface area contributed by atoms with Crippen molar-refractivity contribution in [1.82, 2.24) is 4.98 Å². The molecule has 0 aliphatic heterocycles. The fraction of sp³-hybridized carbons (Fsp3) is 0. The van der Waals surface area contributed by atoms with Crippen LogP contribution in [-0.4, -0.2) is 16.1 Å². The first-order valence-electron chi connectivity index (χ1n) is 2.98. The zero-order chi connectivity index (χ0) is 10.2. The van der Waals surface area contributed by atoms with Crippen molar-refractivity contribution in [3.05, 3.63) is 20.8 Å². The molecule has 0 aliphatic rings. The Kier molecular flexibility index (Phi) is 2.85. The lowest BCUT2D eigenvalue weighted by molar-refractivity contribution is 0.0697. The highest BCUT2D eigenvalue weighted by atomic mass is 35.5. The smallest absolute Gasteiger partial charge is 0.339 e. The number of anilines is 1. The molecule has 0 saturated carbocycles. The van der Waals surface area contributed by atoms with E-state index in [9.17, 15) is 4.79 Å². The fourth-order valence-corrected chi connectivity index (χ4v) is 1.39. The molecule has 1 heterocycles. The predicted octanol–water partition coefficient (Wildman–Crippen LogP) is 2.32. The Bertz CT molecular complexity index is 354. The Morgan fingerprint density at radius 1 is 1.31 bits per heavy atom. The lowest BCUT2D eigenvalue weighted by atomic mass is 10.2. The maximum Gasteiger partial charge on any atom is 0.339 e. The fourth-order valence-electron chi connectivity index (χ4n) is 0.719. The third-order valence-electron chi connectivity index (χ3n) is 1.28. The van der Waals surface area contributed by atoms with Gasteiger partial charge in [-0.15, -0.1) is 0 Å². The SMILES string of the molecule is Nc1nc(Cl)c(Cl)c(C(=O)O)c1Cl. The first-order valence-corrected chi connectivity index (χ1v) is 4.11. The van der Waals surface area contributed by atoms with E-state index in [0.717, 1.165) is 0 Å². The molecule has 1 rings (SSSR count). The van der Waals surface area contributed by atoms with Gasteiger partial charge in [-0.3, -0.25) is 0 Å². The van der Waals surface area contributed by atoms with Crippen molar-refractivity contribution in [3.63, 3.8) is 0 Å². The summed E-state index contributed by atoms with van der Waals surface area (Å²) in [6, 6.07) is 0. The predicted molar refractivity (Wildman–Crippen MR) is 50.6 cm³/mol. The Labute approximate surface area is 88.2 Å². The van der Waals surface area contributed by atoms with Crippen LogP contribution in [0.15, 0.2) is 0 Å². The van der Waals surface area contributed by atoms with Crippen LogP contribution in [0.1, 0.15) is 10.4 Å². The van der Waals surface area contributed by atoms with E-state index in [4.69, 9.17) is 45.6 Å². The van der Waals surface area contributed by atoms with Crippen molar-refractivity contribution in [2.24, 2.45) is 0 Å². The molecule has 0 atom stereocenters. The summed E-state index contributed by atoms with van der Waals surface area (Å²) in [4.78, 5) is 14.2. The second-order valence-corrected chi connectivity index (χ2v) is 3.21. The minimum Gasteiger partial charge on any atom is -0.478 e. The number of carboxylic acid groups (broad SMARTS) is 1. The largest absolute Gasteiger partial charge is 0.478 e. The monoisotopic (exact) mass is 240 g/mol. The lowest BCUT2D eigenvalue weighted by Crippen LogP contribution is -2.04. The van der Waals surface area contributed by atoms with Crippen LogP contribution in [0.2, 0.25) is 15.2 Å². The maximum atomic E-state index is 10.6. The first-order chi connectivity index (χ1) is 5.95. The van der Waals surface area contributed by atoms with E-state index in [2.05, 4.69) is 4.98 Å². The van der Waals surface area contributed by atoms with E-state index >= 15 is 0 Å². The molecule has 1 aromatic rings. The number of rotatable bonds is 1. The highest BCUT2D eigenvalue weighted by molar-refractivity contribution is 6.46. The van der Waals surface area contributed by atoms with E-state index in [1.54, 1.807) is 0 Å².